The van der Waals surface area contributed by atoms with Gasteiger partial charge in [-0.1, -0.05) is 42.5 Å². The lowest BCUT2D eigenvalue weighted by molar-refractivity contribution is -0.123. The van der Waals surface area contributed by atoms with Gasteiger partial charge in [-0.2, -0.15) is 0 Å². The number of aliphatic hydroxyl groups is 1. The molecule has 2 aromatic carbocycles. The summed E-state index contributed by atoms with van der Waals surface area (Å²) in [6.45, 7) is 0.703. The van der Waals surface area contributed by atoms with Crippen LogP contribution in [0.15, 0.2) is 54.6 Å². The molecule has 1 unspecified atom stereocenters. The summed E-state index contributed by atoms with van der Waals surface area (Å²) in [7, 11) is 0. The van der Waals surface area contributed by atoms with Crippen molar-refractivity contribution in [2.75, 3.05) is 13.2 Å². The van der Waals surface area contributed by atoms with Gasteiger partial charge in [0, 0.05) is 13.2 Å². The molecule has 25 heavy (non-hydrogen) atoms. The minimum atomic E-state index is -0.479. The molecule has 1 aliphatic carbocycles. The summed E-state index contributed by atoms with van der Waals surface area (Å²) in [4.78, 5) is 12.6. The van der Waals surface area contributed by atoms with Crippen molar-refractivity contribution in [3.05, 3.63) is 71.5 Å². The zero-order valence-electron chi connectivity index (χ0n) is 14.2. The Hall–Kier alpha value is -2.20. The number of amides is 1. The number of aliphatic hydroxyl groups excluding tert-OH is 1. The van der Waals surface area contributed by atoms with Crippen LogP contribution in [0.4, 0.5) is 4.39 Å². The summed E-state index contributed by atoms with van der Waals surface area (Å²) in [6.07, 6.45) is 3.09. The molecule has 0 aromatic heterocycles. The molecule has 0 saturated heterocycles. The Kier molecular flexibility index (Phi) is 5.49. The predicted octanol–water partition coefficient (Wildman–Crippen LogP) is 3.53. The third-order valence-electron chi connectivity index (χ3n) is 5.11. The van der Waals surface area contributed by atoms with Crippen molar-refractivity contribution in [1.29, 1.82) is 0 Å². The molecule has 0 aliphatic heterocycles. The van der Waals surface area contributed by atoms with Gasteiger partial charge in [0.15, 0.2) is 0 Å². The van der Waals surface area contributed by atoms with Gasteiger partial charge in [0.25, 0.3) is 0 Å². The first-order valence-electron chi connectivity index (χ1n) is 8.86. The summed E-state index contributed by atoms with van der Waals surface area (Å²) in [5.41, 5.74) is 1.60. The fraction of sp³-hybridized carbons (Fsp3) is 0.381. The summed E-state index contributed by atoms with van der Waals surface area (Å²) in [5.74, 6) is -0.0305. The van der Waals surface area contributed by atoms with Gasteiger partial charge in [-0.15, -0.1) is 0 Å². The minimum Gasteiger partial charge on any atom is -0.396 e. The third kappa shape index (κ3) is 4.07. The van der Waals surface area contributed by atoms with Crippen LogP contribution in [0, 0.1) is 5.82 Å². The van der Waals surface area contributed by atoms with Crippen LogP contribution in [0.1, 0.15) is 42.7 Å². The number of rotatable bonds is 8. The second kappa shape index (κ2) is 7.79. The van der Waals surface area contributed by atoms with Crippen LogP contribution in [0.2, 0.25) is 0 Å². The van der Waals surface area contributed by atoms with Crippen molar-refractivity contribution >= 4 is 5.91 Å². The van der Waals surface area contributed by atoms with E-state index in [1.54, 1.807) is 12.1 Å². The number of hydrogen-bond acceptors (Lipinski definition) is 2. The maximum absolute atomic E-state index is 13.1. The zero-order valence-corrected chi connectivity index (χ0v) is 14.2. The van der Waals surface area contributed by atoms with Crippen molar-refractivity contribution in [3.8, 4) is 0 Å². The molecule has 2 N–H and O–H groups in total. The largest absolute Gasteiger partial charge is 0.396 e. The number of benzene rings is 2. The number of hydrogen-bond donors (Lipinski definition) is 2. The van der Waals surface area contributed by atoms with E-state index < -0.39 is 5.41 Å². The molecule has 0 spiro atoms. The molecule has 3 rings (SSSR count). The van der Waals surface area contributed by atoms with Gasteiger partial charge in [0.1, 0.15) is 5.82 Å². The molecule has 0 radical (unpaired) electrons. The first-order chi connectivity index (χ1) is 12.2. The third-order valence-corrected chi connectivity index (χ3v) is 5.11. The molecule has 2 aromatic rings. The Morgan fingerprint density at radius 1 is 1.08 bits per heavy atom. The van der Waals surface area contributed by atoms with E-state index in [0.29, 0.717) is 13.0 Å². The Labute approximate surface area is 147 Å². The molecule has 1 aliphatic rings. The van der Waals surface area contributed by atoms with E-state index in [2.05, 4.69) is 17.4 Å². The molecule has 1 saturated carbocycles. The first kappa shape index (κ1) is 17.6. The molecule has 1 fully saturated rings. The van der Waals surface area contributed by atoms with Gasteiger partial charge in [-0.25, -0.2) is 4.39 Å². The first-order valence-corrected chi connectivity index (χ1v) is 8.86. The highest BCUT2D eigenvalue weighted by Crippen LogP contribution is 2.48. The van der Waals surface area contributed by atoms with Crippen LogP contribution in [0.5, 0.6) is 0 Å². The molecule has 3 nitrogen and oxygen atoms in total. The second-order valence-corrected chi connectivity index (χ2v) is 6.75. The van der Waals surface area contributed by atoms with Crippen LogP contribution in [-0.2, 0) is 10.2 Å². The van der Waals surface area contributed by atoms with Crippen molar-refractivity contribution in [1.82, 2.24) is 5.32 Å². The quantitative estimate of drug-likeness (QED) is 0.772. The van der Waals surface area contributed by atoms with Gasteiger partial charge in [0.2, 0.25) is 5.91 Å². The fourth-order valence-corrected chi connectivity index (χ4v) is 3.43. The molecular weight excluding hydrogens is 317 g/mol. The normalized spacial score (nSPS) is 16.2. The maximum atomic E-state index is 13.1. The molecule has 132 valence electrons. The highest BCUT2D eigenvalue weighted by Gasteiger charge is 2.51. The predicted molar refractivity (Wildman–Crippen MR) is 95.8 cm³/mol. The van der Waals surface area contributed by atoms with E-state index in [1.807, 2.05) is 18.2 Å². The number of carbonyl (C=O) groups excluding carboxylic acids is 1. The topological polar surface area (TPSA) is 49.3 Å². The molecule has 0 bridgehead atoms. The minimum absolute atomic E-state index is 0.0231. The van der Waals surface area contributed by atoms with Crippen LogP contribution >= 0.6 is 0 Å². The van der Waals surface area contributed by atoms with Crippen LogP contribution in [-0.4, -0.2) is 24.2 Å². The molecule has 4 heteroatoms. The lowest BCUT2D eigenvalue weighted by Gasteiger charge is -2.19. The van der Waals surface area contributed by atoms with E-state index in [1.165, 1.54) is 17.7 Å². The monoisotopic (exact) mass is 341 g/mol. The number of halogens is 1. The lowest BCUT2D eigenvalue weighted by Crippen LogP contribution is -2.35. The van der Waals surface area contributed by atoms with Crippen molar-refractivity contribution in [3.63, 3.8) is 0 Å². The fourth-order valence-electron chi connectivity index (χ4n) is 3.43. The average molecular weight is 341 g/mol. The summed E-state index contributed by atoms with van der Waals surface area (Å²) in [5, 5.41) is 12.3. The standard InChI is InChI=1S/C21H24FNO2/c22-19-8-6-18(7-9-19)21(12-13-21)20(25)23-14-10-17(11-15-24)16-4-2-1-3-5-16/h1-9,17,24H,10-15H2,(H,23,25). The summed E-state index contributed by atoms with van der Waals surface area (Å²) in [6, 6.07) is 16.3. The smallest absolute Gasteiger partial charge is 0.230 e. The van der Waals surface area contributed by atoms with Crippen molar-refractivity contribution in [2.24, 2.45) is 0 Å². The Morgan fingerprint density at radius 2 is 1.76 bits per heavy atom. The van der Waals surface area contributed by atoms with Crippen LogP contribution in [0.25, 0.3) is 0 Å². The Morgan fingerprint density at radius 3 is 2.36 bits per heavy atom. The molecular formula is C21H24FNO2. The van der Waals surface area contributed by atoms with Gasteiger partial charge in [-0.05, 0) is 54.9 Å². The van der Waals surface area contributed by atoms with E-state index in [0.717, 1.165) is 24.8 Å². The van der Waals surface area contributed by atoms with Crippen molar-refractivity contribution in [2.45, 2.75) is 37.0 Å². The lowest BCUT2D eigenvalue weighted by atomic mass is 9.92. The maximum Gasteiger partial charge on any atom is 0.230 e. The summed E-state index contributed by atoms with van der Waals surface area (Å²) < 4.78 is 13.1. The average Bonchev–Trinajstić information content (AvgIpc) is 3.44. The molecule has 1 atom stereocenters. The van der Waals surface area contributed by atoms with Crippen LogP contribution < -0.4 is 5.32 Å². The highest BCUT2D eigenvalue weighted by atomic mass is 19.1. The Bertz CT molecular complexity index is 696. The highest BCUT2D eigenvalue weighted by molar-refractivity contribution is 5.91. The van der Waals surface area contributed by atoms with Crippen LogP contribution in [0.3, 0.4) is 0 Å². The number of carbonyl (C=O) groups is 1. The van der Waals surface area contributed by atoms with Gasteiger partial charge < -0.3 is 10.4 Å². The van der Waals surface area contributed by atoms with Crippen molar-refractivity contribution < 1.29 is 14.3 Å². The summed E-state index contributed by atoms with van der Waals surface area (Å²) >= 11 is 0. The SMILES string of the molecule is O=C(NCCC(CCO)c1ccccc1)C1(c2ccc(F)cc2)CC1. The van der Waals surface area contributed by atoms with Gasteiger partial charge >= 0.3 is 0 Å². The molecule has 1 amide bonds. The molecule has 0 heterocycles. The van der Waals surface area contributed by atoms with Gasteiger partial charge in [0.05, 0.1) is 5.41 Å². The van der Waals surface area contributed by atoms with Gasteiger partial charge in [-0.3, -0.25) is 4.79 Å². The van der Waals surface area contributed by atoms with E-state index in [9.17, 15) is 14.3 Å². The Balaban J connectivity index is 1.57. The zero-order chi connectivity index (χ0) is 17.7. The van der Waals surface area contributed by atoms with E-state index >= 15 is 0 Å². The van der Waals surface area contributed by atoms with E-state index in [-0.39, 0.29) is 24.2 Å². The second-order valence-electron chi connectivity index (χ2n) is 6.75. The number of nitrogens with one attached hydrogen (secondary N) is 1. The van der Waals surface area contributed by atoms with E-state index in [4.69, 9.17) is 0 Å².